The summed E-state index contributed by atoms with van der Waals surface area (Å²) in [7, 11) is 0. The highest BCUT2D eigenvalue weighted by Crippen LogP contribution is 2.69. The van der Waals surface area contributed by atoms with E-state index in [0.717, 1.165) is 10.7 Å². The van der Waals surface area contributed by atoms with E-state index < -0.39 is 57.7 Å². The third-order valence-electron chi connectivity index (χ3n) is 5.34. The van der Waals surface area contributed by atoms with Crippen molar-refractivity contribution in [3.05, 3.63) is 41.3 Å². The summed E-state index contributed by atoms with van der Waals surface area (Å²) in [6, 6.07) is 7.17. The minimum atomic E-state index is -7.46. The van der Waals surface area contributed by atoms with Crippen molar-refractivity contribution in [3.8, 4) is 11.1 Å². The van der Waals surface area contributed by atoms with Gasteiger partial charge in [0.05, 0.1) is 6.61 Å². The molecule has 1 aromatic heterocycles. The highest BCUT2D eigenvalue weighted by atomic mass is 32.1. The van der Waals surface area contributed by atoms with Crippen LogP contribution in [0.5, 0.6) is 0 Å². The van der Waals surface area contributed by atoms with Crippen molar-refractivity contribution >= 4 is 28.2 Å². The largest absolute Gasteiger partial charge is 0.462 e. The molecule has 1 aliphatic rings. The summed E-state index contributed by atoms with van der Waals surface area (Å²) in [6.07, 6.45) is 0. The number of nitrogens with one attached hydrogen (secondary N) is 1. The van der Waals surface area contributed by atoms with Crippen molar-refractivity contribution in [1.82, 2.24) is 0 Å². The van der Waals surface area contributed by atoms with Crippen LogP contribution in [0.2, 0.25) is 0 Å². The zero-order valence-corrected chi connectivity index (χ0v) is 18.3. The van der Waals surface area contributed by atoms with Gasteiger partial charge in [-0.2, -0.15) is 43.9 Å². The minimum absolute atomic E-state index is 0.133. The Morgan fingerprint density at radius 2 is 1.28 bits per heavy atom. The molecule has 1 aromatic carbocycles. The number of esters is 1. The van der Waals surface area contributed by atoms with Crippen molar-refractivity contribution in [2.45, 2.75) is 42.2 Å². The molecule has 4 nitrogen and oxygen atoms in total. The second kappa shape index (κ2) is 8.31. The fraction of sp³-hybridized carbons (Fsp3) is 0.400. The normalized spacial score (nSPS) is 22.4. The van der Waals surface area contributed by atoms with Crippen LogP contribution in [0.15, 0.2) is 35.7 Å². The first-order valence-corrected chi connectivity index (χ1v) is 10.5. The molecule has 1 fully saturated rings. The molecule has 0 spiro atoms. The fourth-order valence-corrected chi connectivity index (χ4v) is 4.33. The summed E-state index contributed by atoms with van der Waals surface area (Å²) in [4.78, 5) is 24.7. The van der Waals surface area contributed by atoms with E-state index in [1.165, 1.54) is 37.3 Å². The average molecular weight is 555 g/mol. The van der Waals surface area contributed by atoms with Crippen LogP contribution in [0.25, 0.3) is 11.1 Å². The lowest BCUT2D eigenvalue weighted by Gasteiger charge is -2.51. The minimum Gasteiger partial charge on any atom is -0.462 e. The van der Waals surface area contributed by atoms with Crippen LogP contribution in [-0.4, -0.2) is 53.8 Å². The Balaban J connectivity index is 2.18. The van der Waals surface area contributed by atoms with E-state index in [2.05, 4.69) is 0 Å². The van der Waals surface area contributed by atoms with Crippen molar-refractivity contribution in [3.63, 3.8) is 0 Å². The lowest BCUT2D eigenvalue weighted by atomic mass is 9.71. The number of rotatable bonds is 5. The summed E-state index contributed by atoms with van der Waals surface area (Å²) >= 11 is 0.204. The quantitative estimate of drug-likeness (QED) is 0.342. The molecule has 1 saturated carbocycles. The molecular weight excluding hydrogens is 543 g/mol. The zero-order valence-electron chi connectivity index (χ0n) is 17.5. The standard InChI is InChI=1S/C20H12F11NO3S/c1-2-35-13(33)11-10(9-6-4-3-5-7-9)8-36-12(11)32-14(34)15(21)16(22,23)18(26,27)20(30,31)19(28,29)17(15,24)25/h3-8H,2H2,1H3,(H,32,34). The van der Waals surface area contributed by atoms with Gasteiger partial charge in [0, 0.05) is 10.9 Å². The molecular formula is C20H12F11NO3S. The van der Waals surface area contributed by atoms with Crippen molar-refractivity contribution in [2.24, 2.45) is 0 Å². The molecule has 16 heteroatoms. The molecule has 1 aliphatic carbocycles. The van der Waals surface area contributed by atoms with E-state index in [1.54, 1.807) is 0 Å². The number of anilines is 1. The molecule has 0 atom stereocenters. The van der Waals surface area contributed by atoms with Gasteiger partial charge in [-0.15, -0.1) is 11.3 Å². The van der Waals surface area contributed by atoms with E-state index in [-0.39, 0.29) is 29.1 Å². The van der Waals surface area contributed by atoms with Gasteiger partial charge in [-0.1, -0.05) is 30.3 Å². The molecule has 2 aromatic rings. The van der Waals surface area contributed by atoms with Gasteiger partial charge in [0.25, 0.3) is 5.91 Å². The predicted octanol–water partition coefficient (Wildman–Crippen LogP) is 6.43. The van der Waals surface area contributed by atoms with Gasteiger partial charge in [-0.3, -0.25) is 4.79 Å². The number of benzene rings is 1. The number of ether oxygens (including phenoxy) is 1. The SMILES string of the molecule is CCOC(=O)c1c(-c2ccccc2)csc1NC(=O)C1(F)C(F)(F)C(F)(F)C(F)(F)C(F)(F)C1(F)F. The van der Waals surface area contributed by atoms with E-state index >= 15 is 4.39 Å². The lowest BCUT2D eigenvalue weighted by Crippen LogP contribution is -2.86. The summed E-state index contributed by atoms with van der Waals surface area (Å²) < 4.78 is 158. The van der Waals surface area contributed by atoms with E-state index in [1.807, 2.05) is 0 Å². The highest BCUT2D eigenvalue weighted by Gasteiger charge is 3.02. The Hall–Kier alpha value is -2.91. The number of amides is 1. The Kier molecular flexibility index (Phi) is 6.39. The van der Waals surface area contributed by atoms with Gasteiger partial charge < -0.3 is 10.1 Å². The number of carbonyl (C=O) groups excluding carboxylic acids is 2. The Bertz CT molecular complexity index is 1150. The zero-order chi connectivity index (χ0) is 27.5. The van der Waals surface area contributed by atoms with Gasteiger partial charge in [-0.25, -0.2) is 9.18 Å². The number of halogens is 11. The van der Waals surface area contributed by atoms with Crippen molar-refractivity contribution in [2.75, 3.05) is 11.9 Å². The van der Waals surface area contributed by atoms with Crippen LogP contribution < -0.4 is 5.32 Å². The first-order chi connectivity index (χ1) is 16.3. The Labute approximate surface area is 198 Å². The number of hydrogen-bond donors (Lipinski definition) is 1. The number of alkyl halides is 11. The first kappa shape index (κ1) is 27.7. The summed E-state index contributed by atoms with van der Waals surface area (Å²) in [5.41, 5.74) is -7.58. The molecule has 0 bridgehead atoms. The van der Waals surface area contributed by atoms with Crippen molar-refractivity contribution < 1.29 is 62.6 Å². The Morgan fingerprint density at radius 1 is 0.806 bits per heavy atom. The fourth-order valence-electron chi connectivity index (χ4n) is 3.38. The van der Waals surface area contributed by atoms with Crippen LogP contribution in [-0.2, 0) is 9.53 Å². The second-order valence-corrected chi connectivity index (χ2v) is 8.30. The third kappa shape index (κ3) is 3.25. The molecule has 0 aliphatic heterocycles. The maximum Gasteiger partial charge on any atom is 0.384 e. The smallest absolute Gasteiger partial charge is 0.384 e. The van der Waals surface area contributed by atoms with Gasteiger partial charge in [0.2, 0.25) is 0 Å². The van der Waals surface area contributed by atoms with Crippen LogP contribution in [0.4, 0.5) is 53.3 Å². The molecule has 198 valence electrons. The predicted molar refractivity (Wildman–Crippen MR) is 103 cm³/mol. The number of carbonyl (C=O) groups is 2. The van der Waals surface area contributed by atoms with E-state index in [0.29, 0.717) is 0 Å². The first-order valence-electron chi connectivity index (χ1n) is 9.58. The molecule has 1 heterocycles. The number of thiophene rings is 1. The van der Waals surface area contributed by atoms with Gasteiger partial charge in [0.1, 0.15) is 10.6 Å². The van der Waals surface area contributed by atoms with Gasteiger partial charge in [-0.05, 0) is 12.5 Å². The molecule has 1 N–H and O–H groups in total. The second-order valence-electron chi connectivity index (χ2n) is 7.42. The molecule has 1 amide bonds. The topological polar surface area (TPSA) is 55.4 Å². The summed E-state index contributed by atoms with van der Waals surface area (Å²) in [5, 5.41) is 0.984. The van der Waals surface area contributed by atoms with Crippen molar-refractivity contribution in [1.29, 1.82) is 0 Å². The summed E-state index contributed by atoms with van der Waals surface area (Å²) in [5.74, 6) is -41.9. The maximum absolute atomic E-state index is 15.0. The molecule has 0 radical (unpaired) electrons. The van der Waals surface area contributed by atoms with E-state index in [9.17, 15) is 53.5 Å². The van der Waals surface area contributed by atoms with Crippen LogP contribution in [0.1, 0.15) is 17.3 Å². The Morgan fingerprint density at radius 3 is 1.75 bits per heavy atom. The van der Waals surface area contributed by atoms with E-state index in [4.69, 9.17) is 4.74 Å². The lowest BCUT2D eigenvalue weighted by molar-refractivity contribution is -0.475. The average Bonchev–Trinajstić information content (AvgIpc) is 3.21. The molecule has 36 heavy (non-hydrogen) atoms. The van der Waals surface area contributed by atoms with Crippen LogP contribution >= 0.6 is 11.3 Å². The highest BCUT2D eigenvalue weighted by molar-refractivity contribution is 7.15. The number of hydrogen-bond acceptors (Lipinski definition) is 4. The van der Waals surface area contributed by atoms with Crippen LogP contribution in [0, 0.1) is 0 Å². The van der Waals surface area contributed by atoms with Crippen LogP contribution in [0.3, 0.4) is 0 Å². The maximum atomic E-state index is 15.0. The molecule has 0 unspecified atom stereocenters. The van der Waals surface area contributed by atoms with Gasteiger partial charge >= 0.3 is 41.3 Å². The third-order valence-corrected chi connectivity index (χ3v) is 6.23. The monoisotopic (exact) mass is 555 g/mol. The molecule has 3 rings (SSSR count). The summed E-state index contributed by atoms with van der Waals surface area (Å²) in [6.45, 7) is 0.974. The molecule has 0 saturated heterocycles. The van der Waals surface area contributed by atoms with Gasteiger partial charge in [0.15, 0.2) is 0 Å².